The van der Waals surface area contributed by atoms with E-state index in [0.717, 1.165) is 42.2 Å². The van der Waals surface area contributed by atoms with Crippen molar-refractivity contribution in [3.05, 3.63) is 72.3 Å². The predicted octanol–water partition coefficient (Wildman–Crippen LogP) is 4.74. The zero-order valence-electron chi connectivity index (χ0n) is 15.8. The minimum Gasteiger partial charge on any atom is -0.462 e. The van der Waals surface area contributed by atoms with Crippen molar-refractivity contribution in [1.29, 1.82) is 0 Å². The molecule has 146 valence electrons. The monoisotopic (exact) mass is 404 g/mol. The predicted molar refractivity (Wildman–Crippen MR) is 112 cm³/mol. The van der Waals surface area contributed by atoms with Crippen molar-refractivity contribution in [1.82, 2.24) is 19.4 Å². The second-order valence-corrected chi connectivity index (χ2v) is 8.07. The molecule has 1 aliphatic rings. The van der Waals surface area contributed by atoms with Gasteiger partial charge in [-0.05, 0) is 25.0 Å². The van der Waals surface area contributed by atoms with Gasteiger partial charge in [0.1, 0.15) is 4.88 Å². The first-order valence-corrected chi connectivity index (χ1v) is 10.5. The van der Waals surface area contributed by atoms with Crippen LogP contribution < -0.4 is 0 Å². The normalized spacial score (nSPS) is 15.0. The number of imidazole rings is 1. The average Bonchev–Trinajstić information content (AvgIpc) is 3.55. The molecule has 0 unspecified atom stereocenters. The van der Waals surface area contributed by atoms with Gasteiger partial charge in [-0.15, -0.1) is 11.3 Å². The standard InChI is InChI=1S/C22H20N4O2S/c27-22(25-11-8-17(9-12-25)26-13-10-23-15-26)20-19(16-5-2-1-3-6-16)24-21(29-20)18-7-4-14-28-18/h1-7,10,13-15,17H,8-9,11-12H2. The van der Waals surface area contributed by atoms with Crippen molar-refractivity contribution in [2.24, 2.45) is 0 Å². The van der Waals surface area contributed by atoms with Gasteiger partial charge in [0, 0.05) is 37.1 Å². The Labute approximate surface area is 172 Å². The molecule has 0 bridgehead atoms. The summed E-state index contributed by atoms with van der Waals surface area (Å²) in [5.74, 6) is 0.730. The molecule has 1 saturated heterocycles. The minimum atomic E-state index is 0.0447. The quantitative estimate of drug-likeness (QED) is 0.493. The van der Waals surface area contributed by atoms with Crippen LogP contribution in [0.5, 0.6) is 0 Å². The van der Waals surface area contributed by atoms with E-state index in [4.69, 9.17) is 9.40 Å². The van der Waals surface area contributed by atoms with Gasteiger partial charge in [0.15, 0.2) is 10.8 Å². The van der Waals surface area contributed by atoms with Crippen molar-refractivity contribution in [3.8, 4) is 22.0 Å². The molecule has 0 saturated carbocycles. The summed E-state index contributed by atoms with van der Waals surface area (Å²) < 4.78 is 7.66. The Hall–Kier alpha value is -3.19. The molecule has 3 aromatic heterocycles. The van der Waals surface area contributed by atoms with Crippen LogP contribution in [0.1, 0.15) is 28.6 Å². The number of hydrogen-bond donors (Lipinski definition) is 0. The van der Waals surface area contributed by atoms with E-state index >= 15 is 0 Å². The number of likely N-dealkylation sites (tertiary alicyclic amines) is 1. The second kappa shape index (κ2) is 7.67. The minimum absolute atomic E-state index is 0.0447. The van der Waals surface area contributed by atoms with E-state index in [9.17, 15) is 4.79 Å². The molecule has 4 heterocycles. The first-order chi connectivity index (χ1) is 14.3. The van der Waals surface area contributed by atoms with E-state index in [1.165, 1.54) is 11.3 Å². The Morgan fingerprint density at radius 2 is 1.93 bits per heavy atom. The summed E-state index contributed by atoms with van der Waals surface area (Å²) in [6.07, 6.45) is 9.13. The van der Waals surface area contributed by atoms with Crippen molar-refractivity contribution in [3.63, 3.8) is 0 Å². The van der Waals surface area contributed by atoms with Gasteiger partial charge in [-0.2, -0.15) is 0 Å². The second-order valence-electron chi connectivity index (χ2n) is 7.07. The fourth-order valence-electron chi connectivity index (χ4n) is 3.76. The van der Waals surface area contributed by atoms with E-state index in [1.54, 1.807) is 12.5 Å². The van der Waals surface area contributed by atoms with Crippen LogP contribution in [0.4, 0.5) is 0 Å². The topological polar surface area (TPSA) is 64.2 Å². The Morgan fingerprint density at radius 1 is 1.10 bits per heavy atom. The Kier molecular flexibility index (Phi) is 4.73. The van der Waals surface area contributed by atoms with Crippen LogP contribution in [0.25, 0.3) is 22.0 Å². The number of thiazole rings is 1. The van der Waals surface area contributed by atoms with Gasteiger partial charge in [0.25, 0.3) is 5.91 Å². The van der Waals surface area contributed by atoms with Crippen molar-refractivity contribution in [2.45, 2.75) is 18.9 Å². The number of carbonyl (C=O) groups excluding carboxylic acids is 1. The Balaban J connectivity index is 1.43. The lowest BCUT2D eigenvalue weighted by Crippen LogP contribution is -2.38. The average molecular weight is 404 g/mol. The number of aromatic nitrogens is 3. The van der Waals surface area contributed by atoms with Crippen LogP contribution in [0.2, 0.25) is 0 Å². The molecule has 4 aromatic rings. The number of furan rings is 1. The van der Waals surface area contributed by atoms with Crippen LogP contribution in [-0.2, 0) is 0 Å². The molecular weight excluding hydrogens is 384 g/mol. The van der Waals surface area contributed by atoms with Gasteiger partial charge in [0.05, 0.1) is 18.3 Å². The molecule has 7 heteroatoms. The van der Waals surface area contributed by atoms with Crippen LogP contribution in [-0.4, -0.2) is 38.4 Å². The number of piperidine rings is 1. The summed E-state index contributed by atoms with van der Waals surface area (Å²) in [4.78, 5) is 24.9. The summed E-state index contributed by atoms with van der Waals surface area (Å²) in [5.41, 5.74) is 1.67. The number of rotatable bonds is 4. The van der Waals surface area contributed by atoms with Crippen LogP contribution >= 0.6 is 11.3 Å². The van der Waals surface area contributed by atoms with E-state index in [2.05, 4.69) is 9.55 Å². The maximum atomic E-state index is 13.4. The fourth-order valence-corrected chi connectivity index (χ4v) is 4.78. The molecule has 6 nitrogen and oxygen atoms in total. The van der Waals surface area contributed by atoms with Crippen molar-refractivity contribution >= 4 is 17.2 Å². The van der Waals surface area contributed by atoms with Gasteiger partial charge < -0.3 is 13.9 Å². The van der Waals surface area contributed by atoms with Crippen molar-refractivity contribution < 1.29 is 9.21 Å². The smallest absolute Gasteiger partial charge is 0.266 e. The highest BCUT2D eigenvalue weighted by Gasteiger charge is 2.29. The molecule has 1 aliphatic heterocycles. The van der Waals surface area contributed by atoms with Gasteiger partial charge in [-0.3, -0.25) is 4.79 Å². The Morgan fingerprint density at radius 3 is 2.62 bits per heavy atom. The summed E-state index contributed by atoms with van der Waals surface area (Å²) >= 11 is 1.40. The lowest BCUT2D eigenvalue weighted by atomic mass is 10.0. The van der Waals surface area contributed by atoms with Crippen LogP contribution in [0.15, 0.2) is 71.9 Å². The highest BCUT2D eigenvalue weighted by molar-refractivity contribution is 7.17. The molecule has 0 aliphatic carbocycles. The van der Waals surface area contributed by atoms with Gasteiger partial charge in [0.2, 0.25) is 0 Å². The first-order valence-electron chi connectivity index (χ1n) is 9.66. The number of hydrogen-bond acceptors (Lipinski definition) is 5. The number of amides is 1. The van der Waals surface area contributed by atoms with E-state index < -0.39 is 0 Å². The first kappa shape index (κ1) is 17.9. The molecule has 1 fully saturated rings. The van der Waals surface area contributed by atoms with E-state index in [0.29, 0.717) is 16.7 Å². The zero-order chi connectivity index (χ0) is 19.6. The third-order valence-corrected chi connectivity index (χ3v) is 6.36. The maximum absolute atomic E-state index is 13.4. The maximum Gasteiger partial charge on any atom is 0.266 e. The molecule has 0 spiro atoms. The number of carbonyl (C=O) groups is 1. The highest BCUT2D eigenvalue weighted by atomic mass is 32.1. The van der Waals surface area contributed by atoms with Crippen LogP contribution in [0.3, 0.4) is 0 Å². The molecule has 0 radical (unpaired) electrons. The molecule has 29 heavy (non-hydrogen) atoms. The zero-order valence-corrected chi connectivity index (χ0v) is 16.6. The molecular formula is C22H20N4O2S. The molecule has 5 rings (SSSR count). The molecule has 0 atom stereocenters. The highest BCUT2D eigenvalue weighted by Crippen LogP contribution is 2.35. The largest absolute Gasteiger partial charge is 0.462 e. The summed E-state index contributed by atoms with van der Waals surface area (Å²) in [6.45, 7) is 1.45. The lowest BCUT2D eigenvalue weighted by molar-refractivity contribution is 0.0700. The third kappa shape index (κ3) is 3.49. The molecule has 1 amide bonds. The van der Waals surface area contributed by atoms with Crippen molar-refractivity contribution in [2.75, 3.05) is 13.1 Å². The SMILES string of the molecule is O=C(c1sc(-c2ccco2)nc1-c1ccccc1)N1CCC(n2ccnc2)CC1. The molecule has 0 N–H and O–H groups in total. The number of nitrogens with zero attached hydrogens (tertiary/aromatic N) is 4. The summed E-state index contributed by atoms with van der Waals surface area (Å²) in [7, 11) is 0. The van der Waals surface area contributed by atoms with Gasteiger partial charge in [-0.25, -0.2) is 9.97 Å². The van der Waals surface area contributed by atoms with Gasteiger partial charge in [-0.1, -0.05) is 30.3 Å². The van der Waals surface area contributed by atoms with Crippen LogP contribution in [0, 0.1) is 0 Å². The summed E-state index contributed by atoms with van der Waals surface area (Å²) in [6, 6.07) is 14.0. The van der Waals surface area contributed by atoms with Gasteiger partial charge >= 0.3 is 0 Å². The summed E-state index contributed by atoms with van der Waals surface area (Å²) in [5, 5.41) is 0.727. The molecule has 1 aromatic carbocycles. The third-order valence-electron chi connectivity index (χ3n) is 5.30. The van der Waals surface area contributed by atoms with E-state index in [1.807, 2.05) is 59.9 Å². The number of benzene rings is 1. The lowest BCUT2D eigenvalue weighted by Gasteiger charge is -2.32. The Bertz CT molecular complexity index is 1080. The van der Waals surface area contributed by atoms with E-state index in [-0.39, 0.29) is 5.91 Å². The fraction of sp³-hybridized carbons (Fsp3) is 0.227.